The van der Waals surface area contributed by atoms with Gasteiger partial charge in [0.2, 0.25) is 0 Å². The highest BCUT2D eigenvalue weighted by Crippen LogP contribution is 2.12. The molecule has 0 radical (unpaired) electrons. The summed E-state index contributed by atoms with van der Waals surface area (Å²) >= 11 is 0. The zero-order valence-electron chi connectivity index (χ0n) is 14.0. The lowest BCUT2D eigenvalue weighted by Crippen LogP contribution is -2.07. The maximum atomic E-state index is 11.0. The number of carbonyl (C=O) groups is 2. The predicted molar refractivity (Wildman–Crippen MR) is 89.0 cm³/mol. The molecule has 0 atom stereocenters. The first-order valence-corrected chi connectivity index (χ1v) is 7.82. The second-order valence-electron chi connectivity index (χ2n) is 5.50. The fourth-order valence-electron chi connectivity index (χ4n) is 2.30. The quantitative estimate of drug-likeness (QED) is 0.732. The molecular formula is C19H21NO4. The molecule has 0 aliphatic heterocycles. The zero-order valence-corrected chi connectivity index (χ0v) is 14.0. The number of aromatic nitrogens is 1. The van der Waals surface area contributed by atoms with E-state index in [2.05, 4.69) is 17.1 Å². The van der Waals surface area contributed by atoms with Crippen LogP contribution in [0, 0.1) is 0 Å². The van der Waals surface area contributed by atoms with Crippen molar-refractivity contribution in [3.63, 3.8) is 0 Å². The molecule has 0 unspecified atom stereocenters. The van der Waals surface area contributed by atoms with Crippen LogP contribution in [0.5, 0.6) is 0 Å². The minimum Gasteiger partial charge on any atom is -0.459 e. The summed E-state index contributed by atoms with van der Waals surface area (Å²) in [5, 5.41) is 0. The van der Waals surface area contributed by atoms with Crippen LogP contribution in [0.15, 0.2) is 42.5 Å². The SMILES string of the molecule is CC(=O)OCc1cc(CCc2ccccc2)cc(COC(C)=O)n1. The lowest BCUT2D eigenvalue weighted by Gasteiger charge is -2.10. The van der Waals surface area contributed by atoms with Crippen LogP contribution < -0.4 is 0 Å². The molecule has 5 nitrogen and oxygen atoms in total. The van der Waals surface area contributed by atoms with Crippen LogP contribution in [0.4, 0.5) is 0 Å². The molecule has 0 saturated heterocycles. The Morgan fingerprint density at radius 3 is 1.83 bits per heavy atom. The second kappa shape index (κ2) is 8.82. The van der Waals surface area contributed by atoms with E-state index >= 15 is 0 Å². The number of aryl methyl sites for hydroxylation is 2. The number of carbonyl (C=O) groups excluding carboxylic acids is 2. The van der Waals surface area contributed by atoms with Gasteiger partial charge in [0, 0.05) is 13.8 Å². The molecule has 2 rings (SSSR count). The molecule has 0 saturated carbocycles. The largest absolute Gasteiger partial charge is 0.459 e. The molecule has 1 heterocycles. The molecule has 0 spiro atoms. The number of rotatable bonds is 7. The fourth-order valence-corrected chi connectivity index (χ4v) is 2.30. The first kappa shape index (κ1) is 17.7. The van der Waals surface area contributed by atoms with Crippen molar-refractivity contribution in [2.75, 3.05) is 0 Å². The summed E-state index contributed by atoms with van der Waals surface area (Å²) in [5.41, 5.74) is 3.62. The van der Waals surface area contributed by atoms with Gasteiger partial charge in [0.15, 0.2) is 0 Å². The van der Waals surface area contributed by atoms with Crippen molar-refractivity contribution >= 4 is 11.9 Å². The molecule has 1 aromatic heterocycles. The molecule has 1 aromatic carbocycles. The number of nitrogens with zero attached hydrogens (tertiary/aromatic N) is 1. The van der Waals surface area contributed by atoms with Crippen LogP contribution in [0.3, 0.4) is 0 Å². The highest BCUT2D eigenvalue weighted by molar-refractivity contribution is 5.66. The number of hydrogen-bond acceptors (Lipinski definition) is 5. The van der Waals surface area contributed by atoms with Gasteiger partial charge >= 0.3 is 11.9 Å². The van der Waals surface area contributed by atoms with Crippen LogP contribution in [0.2, 0.25) is 0 Å². The predicted octanol–water partition coefficient (Wildman–Crippen LogP) is 2.99. The average Bonchev–Trinajstić information content (AvgIpc) is 2.57. The summed E-state index contributed by atoms with van der Waals surface area (Å²) in [6.07, 6.45) is 1.72. The number of esters is 2. The van der Waals surface area contributed by atoms with Gasteiger partial charge in [-0.2, -0.15) is 0 Å². The molecule has 126 valence electrons. The molecule has 0 fully saturated rings. The van der Waals surface area contributed by atoms with Gasteiger partial charge in [0.1, 0.15) is 13.2 Å². The number of hydrogen-bond donors (Lipinski definition) is 0. The van der Waals surface area contributed by atoms with Gasteiger partial charge in [0.05, 0.1) is 11.4 Å². The van der Waals surface area contributed by atoms with E-state index in [4.69, 9.17) is 9.47 Å². The van der Waals surface area contributed by atoms with E-state index in [1.54, 1.807) is 0 Å². The van der Waals surface area contributed by atoms with Gasteiger partial charge in [-0.3, -0.25) is 14.6 Å². The molecule has 0 N–H and O–H groups in total. The van der Waals surface area contributed by atoms with Crippen molar-refractivity contribution < 1.29 is 19.1 Å². The smallest absolute Gasteiger partial charge is 0.303 e. The van der Waals surface area contributed by atoms with E-state index in [-0.39, 0.29) is 25.2 Å². The van der Waals surface area contributed by atoms with Gasteiger partial charge < -0.3 is 9.47 Å². The molecule has 0 amide bonds. The Labute approximate surface area is 141 Å². The van der Waals surface area contributed by atoms with E-state index in [0.717, 1.165) is 18.4 Å². The summed E-state index contributed by atoms with van der Waals surface area (Å²) in [6.45, 7) is 2.95. The summed E-state index contributed by atoms with van der Waals surface area (Å²) in [7, 11) is 0. The third-order valence-corrected chi connectivity index (χ3v) is 3.38. The maximum absolute atomic E-state index is 11.0. The molecule has 0 bridgehead atoms. The number of ether oxygens (including phenoxy) is 2. The number of pyridine rings is 1. The summed E-state index contributed by atoms with van der Waals surface area (Å²) < 4.78 is 10.0. The molecule has 24 heavy (non-hydrogen) atoms. The monoisotopic (exact) mass is 327 g/mol. The highest BCUT2D eigenvalue weighted by Gasteiger charge is 2.07. The fraction of sp³-hybridized carbons (Fsp3) is 0.316. The standard InChI is InChI=1S/C19H21NO4/c1-14(21)23-12-18-10-17(9-8-16-6-4-3-5-7-16)11-19(20-18)13-24-15(2)22/h3-7,10-11H,8-9,12-13H2,1-2H3. The van der Waals surface area contributed by atoms with Crippen LogP contribution in [-0.4, -0.2) is 16.9 Å². The van der Waals surface area contributed by atoms with Crippen molar-refractivity contribution in [3.8, 4) is 0 Å². The first-order chi connectivity index (χ1) is 11.5. The Hall–Kier alpha value is -2.69. The van der Waals surface area contributed by atoms with Crippen LogP contribution in [0.1, 0.15) is 36.4 Å². The van der Waals surface area contributed by atoms with E-state index in [1.807, 2.05) is 30.3 Å². The summed E-state index contributed by atoms with van der Waals surface area (Å²) in [5.74, 6) is -0.707. The number of benzene rings is 1. The lowest BCUT2D eigenvalue weighted by molar-refractivity contribution is -0.142. The van der Waals surface area contributed by atoms with Crippen molar-refractivity contribution in [3.05, 3.63) is 65.0 Å². The normalized spacial score (nSPS) is 10.2. The van der Waals surface area contributed by atoms with E-state index in [9.17, 15) is 9.59 Å². The van der Waals surface area contributed by atoms with Crippen LogP contribution in [-0.2, 0) is 45.1 Å². The van der Waals surface area contributed by atoms with Gasteiger partial charge in [0.25, 0.3) is 0 Å². The zero-order chi connectivity index (χ0) is 17.4. The van der Waals surface area contributed by atoms with Gasteiger partial charge in [-0.15, -0.1) is 0 Å². The van der Waals surface area contributed by atoms with Crippen LogP contribution >= 0.6 is 0 Å². The van der Waals surface area contributed by atoms with E-state index in [0.29, 0.717) is 11.4 Å². The van der Waals surface area contributed by atoms with Crippen molar-refractivity contribution in [1.29, 1.82) is 0 Å². The van der Waals surface area contributed by atoms with Crippen molar-refractivity contribution in [1.82, 2.24) is 4.98 Å². The minimum absolute atomic E-state index is 0.113. The molecule has 2 aromatic rings. The Kier molecular flexibility index (Phi) is 6.49. The van der Waals surface area contributed by atoms with Crippen LogP contribution in [0.25, 0.3) is 0 Å². The first-order valence-electron chi connectivity index (χ1n) is 7.82. The second-order valence-corrected chi connectivity index (χ2v) is 5.50. The van der Waals surface area contributed by atoms with Gasteiger partial charge in [-0.1, -0.05) is 30.3 Å². The Morgan fingerprint density at radius 2 is 1.33 bits per heavy atom. The van der Waals surface area contributed by atoms with Gasteiger partial charge in [-0.05, 0) is 36.1 Å². The average molecular weight is 327 g/mol. The molecule has 0 aliphatic carbocycles. The maximum Gasteiger partial charge on any atom is 0.303 e. The topological polar surface area (TPSA) is 65.5 Å². The van der Waals surface area contributed by atoms with Crippen molar-refractivity contribution in [2.24, 2.45) is 0 Å². The Bertz CT molecular complexity index is 662. The molecule has 5 heteroatoms. The molecular weight excluding hydrogens is 306 g/mol. The lowest BCUT2D eigenvalue weighted by atomic mass is 10.0. The van der Waals surface area contributed by atoms with E-state index < -0.39 is 0 Å². The van der Waals surface area contributed by atoms with E-state index in [1.165, 1.54) is 19.4 Å². The summed E-state index contributed by atoms with van der Waals surface area (Å²) in [4.78, 5) is 26.4. The Morgan fingerprint density at radius 1 is 0.833 bits per heavy atom. The van der Waals surface area contributed by atoms with Gasteiger partial charge in [-0.25, -0.2) is 0 Å². The Balaban J connectivity index is 2.11. The minimum atomic E-state index is -0.354. The van der Waals surface area contributed by atoms with Crippen molar-refractivity contribution in [2.45, 2.75) is 39.9 Å². The highest BCUT2D eigenvalue weighted by atomic mass is 16.5. The third kappa shape index (κ3) is 6.20. The third-order valence-electron chi connectivity index (χ3n) is 3.38. The summed E-state index contributed by atoms with van der Waals surface area (Å²) in [6, 6.07) is 14.0. The molecule has 0 aliphatic rings.